The molecule has 2 aromatic carbocycles. The number of hydrogen-bond acceptors (Lipinski definition) is 4. The van der Waals surface area contributed by atoms with Gasteiger partial charge < -0.3 is 20.3 Å². The Balaban J connectivity index is 1.44. The van der Waals surface area contributed by atoms with E-state index in [1.807, 2.05) is 53.4 Å². The zero-order valence-electron chi connectivity index (χ0n) is 19.8. The van der Waals surface area contributed by atoms with Crippen molar-refractivity contribution in [3.05, 3.63) is 54.1 Å². The molecule has 33 heavy (non-hydrogen) atoms. The quantitative estimate of drug-likeness (QED) is 0.429. The summed E-state index contributed by atoms with van der Waals surface area (Å²) in [6.45, 7) is 4.67. The van der Waals surface area contributed by atoms with Crippen LogP contribution in [0.15, 0.2) is 48.5 Å². The summed E-state index contributed by atoms with van der Waals surface area (Å²) in [5.74, 6) is 0.735. The number of benzene rings is 2. The maximum Gasteiger partial charge on any atom is 0.253 e. The van der Waals surface area contributed by atoms with Gasteiger partial charge in [-0.2, -0.15) is 0 Å². The van der Waals surface area contributed by atoms with Gasteiger partial charge in [0.15, 0.2) is 0 Å². The van der Waals surface area contributed by atoms with Crippen LogP contribution in [0.4, 0.5) is 11.4 Å². The molecular formula is C27H37N3O3. The first-order chi connectivity index (χ1) is 16.2. The Kier molecular flexibility index (Phi) is 10.1. The van der Waals surface area contributed by atoms with E-state index in [1.165, 1.54) is 32.1 Å². The average Bonchev–Trinajstić information content (AvgIpc) is 3.13. The first kappa shape index (κ1) is 24.6. The summed E-state index contributed by atoms with van der Waals surface area (Å²) in [5.41, 5.74) is 2.15. The molecule has 0 aromatic heterocycles. The van der Waals surface area contributed by atoms with Gasteiger partial charge >= 0.3 is 0 Å². The molecule has 0 radical (unpaired) electrons. The van der Waals surface area contributed by atoms with Crippen molar-refractivity contribution in [2.75, 3.05) is 36.9 Å². The molecule has 2 aromatic rings. The highest BCUT2D eigenvalue weighted by Gasteiger charge is 2.17. The lowest BCUT2D eigenvalue weighted by molar-refractivity contribution is -0.114. The van der Waals surface area contributed by atoms with Crippen molar-refractivity contribution >= 4 is 23.2 Å². The minimum Gasteiger partial charge on any atom is -0.494 e. The molecule has 1 fully saturated rings. The van der Waals surface area contributed by atoms with Gasteiger partial charge in [0.2, 0.25) is 5.91 Å². The molecule has 0 bridgehead atoms. The van der Waals surface area contributed by atoms with Gasteiger partial charge in [-0.25, -0.2) is 0 Å². The van der Waals surface area contributed by atoms with Crippen LogP contribution in [0.25, 0.3) is 0 Å². The third-order valence-corrected chi connectivity index (χ3v) is 5.86. The van der Waals surface area contributed by atoms with Crippen LogP contribution in [-0.4, -0.2) is 43.0 Å². The fourth-order valence-electron chi connectivity index (χ4n) is 3.96. The summed E-state index contributed by atoms with van der Waals surface area (Å²) < 4.78 is 5.74. The molecule has 3 rings (SSSR count). The lowest BCUT2D eigenvalue weighted by Crippen LogP contribution is -2.31. The highest BCUT2D eigenvalue weighted by atomic mass is 16.5. The van der Waals surface area contributed by atoms with Crippen LogP contribution >= 0.6 is 0 Å². The number of unbranched alkanes of at least 4 members (excludes halogenated alkanes) is 3. The van der Waals surface area contributed by atoms with Gasteiger partial charge in [0.25, 0.3) is 5.91 Å². The van der Waals surface area contributed by atoms with Crippen molar-refractivity contribution in [1.82, 2.24) is 4.90 Å². The Labute approximate surface area is 197 Å². The van der Waals surface area contributed by atoms with Crippen LogP contribution in [0.1, 0.15) is 68.6 Å². The third kappa shape index (κ3) is 8.44. The summed E-state index contributed by atoms with van der Waals surface area (Å²) in [6.07, 6.45) is 9.21. The molecule has 178 valence electrons. The minimum absolute atomic E-state index is 0.0673. The van der Waals surface area contributed by atoms with Crippen LogP contribution < -0.4 is 15.4 Å². The zero-order valence-corrected chi connectivity index (χ0v) is 19.8. The minimum atomic E-state index is -0.146. The Hall–Kier alpha value is -3.02. The number of carbonyl (C=O) groups is 2. The molecule has 0 atom stereocenters. The van der Waals surface area contributed by atoms with Crippen molar-refractivity contribution in [3.8, 4) is 5.75 Å². The number of hydrogen-bond donors (Lipinski definition) is 2. The number of nitrogens with one attached hydrogen (secondary N) is 2. The SMILES string of the molecule is CCCCCCOc1ccc(NC(=O)CNc2cccc(C(=O)N3CCCCCC3)c2)cc1. The molecule has 2 N–H and O–H groups in total. The first-order valence-electron chi connectivity index (χ1n) is 12.3. The van der Waals surface area contributed by atoms with Gasteiger partial charge in [-0.1, -0.05) is 45.1 Å². The molecule has 0 spiro atoms. The van der Waals surface area contributed by atoms with Crippen molar-refractivity contribution in [2.45, 2.75) is 58.3 Å². The summed E-state index contributed by atoms with van der Waals surface area (Å²) in [6, 6.07) is 14.8. The second-order valence-corrected chi connectivity index (χ2v) is 8.62. The smallest absolute Gasteiger partial charge is 0.253 e. The second-order valence-electron chi connectivity index (χ2n) is 8.62. The van der Waals surface area contributed by atoms with Crippen LogP contribution in [0.2, 0.25) is 0 Å². The largest absolute Gasteiger partial charge is 0.494 e. The molecule has 0 aliphatic carbocycles. The third-order valence-electron chi connectivity index (χ3n) is 5.86. The molecule has 1 aliphatic rings. The van der Waals surface area contributed by atoms with Crippen molar-refractivity contribution in [2.24, 2.45) is 0 Å². The van der Waals surface area contributed by atoms with Crippen LogP contribution in [0.3, 0.4) is 0 Å². The van der Waals surface area contributed by atoms with Gasteiger partial charge in [-0.05, 0) is 61.7 Å². The van der Waals surface area contributed by atoms with Crippen molar-refractivity contribution in [3.63, 3.8) is 0 Å². The van der Waals surface area contributed by atoms with Gasteiger partial charge in [0, 0.05) is 30.0 Å². The molecule has 1 aliphatic heterocycles. The van der Waals surface area contributed by atoms with E-state index in [0.29, 0.717) is 5.56 Å². The zero-order chi connectivity index (χ0) is 23.3. The second kappa shape index (κ2) is 13.5. The van der Waals surface area contributed by atoms with Gasteiger partial charge in [0.05, 0.1) is 13.2 Å². The number of likely N-dealkylation sites (tertiary alicyclic amines) is 1. The molecule has 0 saturated carbocycles. The van der Waals surface area contributed by atoms with Crippen LogP contribution in [0, 0.1) is 0 Å². The number of nitrogens with zero attached hydrogens (tertiary/aromatic N) is 1. The Morgan fingerprint density at radius 3 is 2.39 bits per heavy atom. The Morgan fingerprint density at radius 2 is 1.67 bits per heavy atom. The van der Waals surface area contributed by atoms with Crippen LogP contribution in [-0.2, 0) is 4.79 Å². The Morgan fingerprint density at radius 1 is 0.909 bits per heavy atom. The number of rotatable bonds is 11. The van der Waals surface area contributed by atoms with E-state index in [0.717, 1.165) is 56.1 Å². The molecule has 6 nitrogen and oxygen atoms in total. The predicted octanol–water partition coefficient (Wildman–Crippen LogP) is 5.71. The highest BCUT2D eigenvalue weighted by Crippen LogP contribution is 2.18. The van der Waals surface area contributed by atoms with E-state index in [4.69, 9.17) is 4.74 Å². The predicted molar refractivity (Wildman–Crippen MR) is 134 cm³/mol. The normalized spacial score (nSPS) is 13.8. The van der Waals surface area contributed by atoms with E-state index >= 15 is 0 Å². The maximum atomic E-state index is 12.8. The number of carbonyl (C=O) groups excluding carboxylic acids is 2. The van der Waals surface area contributed by atoms with E-state index in [1.54, 1.807) is 0 Å². The van der Waals surface area contributed by atoms with Gasteiger partial charge in [-0.15, -0.1) is 0 Å². The number of anilines is 2. The molecule has 2 amide bonds. The van der Waals surface area contributed by atoms with E-state index in [2.05, 4.69) is 17.6 Å². The van der Waals surface area contributed by atoms with Gasteiger partial charge in [-0.3, -0.25) is 9.59 Å². The number of amides is 2. The summed E-state index contributed by atoms with van der Waals surface area (Å²) in [5, 5.41) is 6.01. The monoisotopic (exact) mass is 451 g/mol. The first-order valence-corrected chi connectivity index (χ1v) is 12.3. The van der Waals surface area contributed by atoms with E-state index in [9.17, 15) is 9.59 Å². The maximum absolute atomic E-state index is 12.8. The molecule has 0 unspecified atom stereocenters. The van der Waals surface area contributed by atoms with E-state index < -0.39 is 0 Å². The standard InChI is InChI=1S/C27H37N3O3/c1-2-3-4-9-19-33-25-15-13-23(14-16-25)29-26(31)21-28-24-12-10-11-22(20-24)27(32)30-17-7-5-6-8-18-30/h10-16,20,28H,2-9,17-19,21H2,1H3,(H,29,31). The van der Waals surface area contributed by atoms with Crippen LogP contribution in [0.5, 0.6) is 5.75 Å². The Bertz CT molecular complexity index is 874. The molecule has 6 heteroatoms. The van der Waals surface area contributed by atoms with E-state index in [-0.39, 0.29) is 18.4 Å². The fourth-order valence-corrected chi connectivity index (χ4v) is 3.96. The fraction of sp³-hybridized carbons (Fsp3) is 0.481. The summed E-state index contributed by atoms with van der Waals surface area (Å²) in [4.78, 5) is 27.1. The van der Waals surface area contributed by atoms with Crippen molar-refractivity contribution < 1.29 is 14.3 Å². The molecule has 1 heterocycles. The average molecular weight is 452 g/mol. The molecular weight excluding hydrogens is 414 g/mol. The summed E-state index contributed by atoms with van der Waals surface area (Å²) >= 11 is 0. The lowest BCUT2D eigenvalue weighted by atomic mass is 10.1. The topological polar surface area (TPSA) is 70.7 Å². The lowest BCUT2D eigenvalue weighted by Gasteiger charge is -2.20. The highest BCUT2D eigenvalue weighted by molar-refractivity contribution is 5.96. The molecule has 1 saturated heterocycles. The van der Waals surface area contributed by atoms with Crippen molar-refractivity contribution in [1.29, 1.82) is 0 Å². The number of ether oxygens (including phenoxy) is 1. The van der Waals surface area contributed by atoms with Gasteiger partial charge in [0.1, 0.15) is 5.75 Å². The summed E-state index contributed by atoms with van der Waals surface area (Å²) in [7, 11) is 0.